The van der Waals surface area contributed by atoms with Gasteiger partial charge in [-0.25, -0.2) is 9.13 Å². The number of phosphoric acid groups is 2. The summed E-state index contributed by atoms with van der Waals surface area (Å²) in [5.41, 5.74) is 0. The van der Waals surface area contributed by atoms with Gasteiger partial charge in [-0.3, -0.25) is 37.3 Å². The van der Waals surface area contributed by atoms with Crippen LogP contribution in [0.1, 0.15) is 331 Å². The Kier molecular flexibility index (Phi) is 56.6. The molecule has 3 N–H and O–H groups in total. The van der Waals surface area contributed by atoms with Crippen LogP contribution in [0.15, 0.2) is 0 Å². The molecule has 0 heterocycles. The first kappa shape index (κ1) is 85.1. The topological polar surface area (TPSA) is 237 Å². The van der Waals surface area contributed by atoms with Gasteiger partial charge in [0.2, 0.25) is 0 Å². The highest BCUT2D eigenvalue weighted by Crippen LogP contribution is 2.45. The van der Waals surface area contributed by atoms with Crippen LogP contribution in [0.4, 0.5) is 0 Å². The molecule has 5 atom stereocenters. The van der Waals surface area contributed by atoms with E-state index < -0.39 is 97.5 Å². The van der Waals surface area contributed by atoms with Crippen molar-refractivity contribution in [3.05, 3.63) is 0 Å². The van der Waals surface area contributed by atoms with Crippen LogP contribution in [0.5, 0.6) is 0 Å². The Morgan fingerprint density at radius 2 is 0.483 bits per heavy atom. The molecule has 0 aromatic carbocycles. The second-order valence-corrected chi connectivity index (χ2v) is 29.4. The Hall–Kier alpha value is -1.94. The van der Waals surface area contributed by atoms with Crippen LogP contribution in [-0.2, 0) is 65.4 Å². The minimum Gasteiger partial charge on any atom is -0.462 e. The highest BCUT2D eigenvalue weighted by Gasteiger charge is 2.30. The van der Waals surface area contributed by atoms with Gasteiger partial charge in [-0.05, 0) is 49.4 Å². The number of unbranched alkanes of at least 4 members (excludes halogenated alkanes) is 31. The summed E-state index contributed by atoms with van der Waals surface area (Å²) in [4.78, 5) is 72.4. The van der Waals surface area contributed by atoms with Gasteiger partial charge < -0.3 is 33.8 Å². The molecule has 0 rings (SSSR count). The Balaban J connectivity index is 5.24. The summed E-state index contributed by atoms with van der Waals surface area (Å²) >= 11 is 0. The molecular weight excluding hydrogens is 1150 g/mol. The summed E-state index contributed by atoms with van der Waals surface area (Å²) in [6, 6.07) is 0. The number of esters is 4. The third kappa shape index (κ3) is 62.6. The first-order chi connectivity index (χ1) is 41.6. The molecule has 0 aromatic rings. The van der Waals surface area contributed by atoms with Crippen molar-refractivity contribution in [3.63, 3.8) is 0 Å². The molecule has 2 unspecified atom stereocenters. The number of aliphatic hydroxyl groups excluding tert-OH is 1. The van der Waals surface area contributed by atoms with E-state index in [2.05, 4.69) is 55.4 Å². The maximum atomic E-state index is 13.0. The first-order valence-electron chi connectivity index (χ1n) is 35.2. The maximum absolute atomic E-state index is 13.0. The lowest BCUT2D eigenvalue weighted by Crippen LogP contribution is -2.30. The van der Waals surface area contributed by atoms with Gasteiger partial charge in [-0.15, -0.1) is 0 Å². The fourth-order valence-corrected chi connectivity index (χ4v) is 11.7. The molecule has 0 saturated heterocycles. The monoisotopic (exact) mass is 1280 g/mol. The minimum absolute atomic E-state index is 0.105. The highest BCUT2D eigenvalue weighted by molar-refractivity contribution is 7.47. The van der Waals surface area contributed by atoms with Crippen molar-refractivity contribution in [2.45, 2.75) is 350 Å². The van der Waals surface area contributed by atoms with Crippen LogP contribution < -0.4 is 0 Å². The van der Waals surface area contributed by atoms with Crippen LogP contribution >= 0.6 is 15.6 Å². The van der Waals surface area contributed by atoms with Crippen molar-refractivity contribution < 1.29 is 80.2 Å². The third-order valence-corrected chi connectivity index (χ3v) is 17.5. The molecule has 0 bridgehead atoms. The molecule has 0 radical (unpaired) electrons. The molecular formula is C68H132O17P2. The van der Waals surface area contributed by atoms with Gasteiger partial charge in [-0.2, -0.15) is 0 Å². The quantitative estimate of drug-likeness (QED) is 0.0222. The van der Waals surface area contributed by atoms with E-state index in [0.717, 1.165) is 115 Å². The van der Waals surface area contributed by atoms with E-state index in [0.29, 0.717) is 37.5 Å². The minimum atomic E-state index is -4.95. The van der Waals surface area contributed by atoms with Crippen LogP contribution in [0.2, 0.25) is 0 Å². The summed E-state index contributed by atoms with van der Waals surface area (Å²) < 4.78 is 68.2. The predicted octanol–water partition coefficient (Wildman–Crippen LogP) is 18.9. The van der Waals surface area contributed by atoms with E-state index in [1.807, 2.05) is 0 Å². The lowest BCUT2D eigenvalue weighted by atomic mass is 10.0. The second-order valence-electron chi connectivity index (χ2n) is 26.5. The second kappa shape index (κ2) is 57.9. The lowest BCUT2D eigenvalue weighted by molar-refractivity contribution is -0.161. The molecule has 0 fully saturated rings. The van der Waals surface area contributed by atoms with Crippen molar-refractivity contribution in [3.8, 4) is 0 Å². The van der Waals surface area contributed by atoms with E-state index >= 15 is 0 Å². The van der Waals surface area contributed by atoms with Crippen LogP contribution in [0.3, 0.4) is 0 Å². The zero-order valence-electron chi connectivity index (χ0n) is 56.6. The fourth-order valence-electron chi connectivity index (χ4n) is 10.1. The third-order valence-electron chi connectivity index (χ3n) is 15.6. The maximum Gasteiger partial charge on any atom is 0.472 e. The summed E-state index contributed by atoms with van der Waals surface area (Å²) in [6.07, 6.45) is 39.1. The molecule has 0 saturated carbocycles. The van der Waals surface area contributed by atoms with Crippen molar-refractivity contribution in [1.29, 1.82) is 0 Å². The predicted molar refractivity (Wildman–Crippen MR) is 349 cm³/mol. The summed E-state index contributed by atoms with van der Waals surface area (Å²) in [7, 11) is -9.90. The van der Waals surface area contributed by atoms with Crippen molar-refractivity contribution >= 4 is 39.5 Å². The molecule has 0 amide bonds. The van der Waals surface area contributed by atoms with E-state index in [1.54, 1.807) is 0 Å². The number of rotatable bonds is 65. The summed E-state index contributed by atoms with van der Waals surface area (Å²) in [6.45, 7) is 14.0. The van der Waals surface area contributed by atoms with Gasteiger partial charge in [0.05, 0.1) is 26.4 Å². The Bertz CT molecular complexity index is 1730. The SMILES string of the molecule is CC(C)CCCCCCCCCCCCCC(=O)O[C@H](COC(=O)CCCCCCCCCC(C)C)COP(=O)(O)OC[C@@H](O)COP(=O)(O)OC[C@@H](COC(=O)CCCCCCCCC(C)C)OC(=O)CCCCCCCCCCCCCC(C)C. The van der Waals surface area contributed by atoms with Crippen LogP contribution in [-0.4, -0.2) is 96.7 Å². The summed E-state index contributed by atoms with van der Waals surface area (Å²) in [5.74, 6) is 0.781. The van der Waals surface area contributed by atoms with Crippen molar-refractivity contribution in [2.75, 3.05) is 39.6 Å². The van der Waals surface area contributed by atoms with Crippen molar-refractivity contribution in [2.24, 2.45) is 23.7 Å². The zero-order chi connectivity index (χ0) is 64.7. The molecule has 0 aromatic heterocycles. The largest absolute Gasteiger partial charge is 0.472 e. The first-order valence-corrected chi connectivity index (χ1v) is 38.2. The fraction of sp³-hybridized carbons (Fsp3) is 0.941. The van der Waals surface area contributed by atoms with Gasteiger partial charge in [0, 0.05) is 25.7 Å². The average Bonchev–Trinajstić information content (AvgIpc) is 3.67. The lowest BCUT2D eigenvalue weighted by Gasteiger charge is -2.21. The Labute approximate surface area is 530 Å². The van der Waals surface area contributed by atoms with Gasteiger partial charge in [0.1, 0.15) is 19.3 Å². The number of carbonyl (C=O) groups is 4. The molecule has 0 aliphatic carbocycles. The Morgan fingerprint density at radius 3 is 0.713 bits per heavy atom. The molecule has 0 spiro atoms. The average molecular weight is 1280 g/mol. The van der Waals surface area contributed by atoms with Gasteiger partial charge in [0.25, 0.3) is 0 Å². The number of ether oxygens (including phenoxy) is 4. The van der Waals surface area contributed by atoms with E-state index in [9.17, 15) is 43.2 Å². The molecule has 19 heteroatoms. The van der Waals surface area contributed by atoms with Gasteiger partial charge >= 0.3 is 39.5 Å². The van der Waals surface area contributed by atoms with Crippen LogP contribution in [0, 0.1) is 23.7 Å². The Morgan fingerprint density at radius 1 is 0.287 bits per heavy atom. The van der Waals surface area contributed by atoms with Crippen LogP contribution in [0.25, 0.3) is 0 Å². The van der Waals surface area contributed by atoms with E-state index in [-0.39, 0.29) is 25.7 Å². The highest BCUT2D eigenvalue weighted by atomic mass is 31.2. The van der Waals surface area contributed by atoms with Crippen molar-refractivity contribution in [1.82, 2.24) is 0 Å². The molecule has 87 heavy (non-hydrogen) atoms. The molecule has 0 aliphatic heterocycles. The molecule has 0 aliphatic rings. The zero-order valence-corrected chi connectivity index (χ0v) is 58.4. The normalized spacial score (nSPS) is 14.3. The molecule has 17 nitrogen and oxygen atoms in total. The number of phosphoric ester groups is 2. The van der Waals surface area contributed by atoms with Gasteiger partial charge in [-0.1, -0.05) is 280 Å². The number of hydrogen-bond acceptors (Lipinski definition) is 15. The standard InChI is InChI=1S/C68H132O17P2/c1-58(2)44-36-28-20-15-11-9-13-17-23-34-42-50-67(72)84-63(54-78-65(70)48-40-32-25-19-22-30-38-46-60(5)6)56-82-86(74,75)80-52-62(69)53-81-87(76,77)83-57-64(55-79-66(71)49-41-33-27-26-31-39-47-61(7)8)85-68(73)51-43-35-24-18-14-10-12-16-21-29-37-45-59(3)4/h58-64,69H,9-57H2,1-8H3,(H,74,75)(H,76,77)/t62-,63-,64-/m1/s1. The number of aliphatic hydroxyl groups is 1. The number of hydrogen-bond donors (Lipinski definition) is 3. The van der Waals surface area contributed by atoms with Gasteiger partial charge in [0.15, 0.2) is 12.2 Å². The van der Waals surface area contributed by atoms with E-state index in [1.165, 1.54) is 122 Å². The summed E-state index contributed by atoms with van der Waals surface area (Å²) in [5, 5.41) is 10.6. The molecule has 516 valence electrons. The van der Waals surface area contributed by atoms with E-state index in [4.69, 9.17) is 37.0 Å². The number of carbonyl (C=O) groups excluding carboxylic acids is 4. The smallest absolute Gasteiger partial charge is 0.462 e.